The van der Waals surface area contributed by atoms with Crippen LogP contribution in [-0.2, 0) is 4.79 Å². The lowest BCUT2D eigenvalue weighted by molar-refractivity contribution is -0.450. The molecule has 1 radical (unpaired) electrons. The minimum atomic E-state index is -0.749. The molecule has 0 amide bonds. The number of rotatable bonds is 16. The number of carbonyl (C=O) groups excluding carboxylic acids is 1. The van der Waals surface area contributed by atoms with Gasteiger partial charge in [-0.1, -0.05) is 19.8 Å². The van der Waals surface area contributed by atoms with Crippen molar-refractivity contribution in [2.45, 2.75) is 71.1 Å². The van der Waals surface area contributed by atoms with Gasteiger partial charge in [0.2, 0.25) is 5.70 Å². The number of nitrogens with zero attached hydrogens (tertiary/aromatic N) is 3. The van der Waals surface area contributed by atoms with Gasteiger partial charge in [-0.15, -0.1) is 0 Å². The van der Waals surface area contributed by atoms with Crippen molar-refractivity contribution in [3.8, 4) is 0 Å². The third kappa shape index (κ3) is 11.7. The van der Waals surface area contributed by atoms with Gasteiger partial charge in [0, 0.05) is 12.5 Å². The van der Waals surface area contributed by atoms with Crippen molar-refractivity contribution in [2.75, 3.05) is 0 Å². The van der Waals surface area contributed by atoms with Crippen LogP contribution >= 0.6 is 0 Å². The van der Waals surface area contributed by atoms with Gasteiger partial charge in [0.1, 0.15) is 6.42 Å². The second kappa shape index (κ2) is 15.2. The average molecular weight is 396 g/mol. The Kier molecular flexibility index (Phi) is 13.6. The van der Waals surface area contributed by atoms with Crippen LogP contribution in [0.3, 0.4) is 0 Å². The SMILES string of the molecule is CCCCC/C=C(\C/C(=C\C/C(=C\CCCC[C]=O)[N+](=O)[O-])[N+](=O)[O-])[N+](=O)[O-]. The van der Waals surface area contributed by atoms with Crippen molar-refractivity contribution in [1.29, 1.82) is 0 Å². The Balaban J connectivity index is 5.14. The fourth-order valence-electron chi connectivity index (χ4n) is 2.34. The first-order valence-electron chi connectivity index (χ1n) is 9.18. The molecule has 0 aromatic carbocycles. The van der Waals surface area contributed by atoms with E-state index in [0.29, 0.717) is 25.7 Å². The van der Waals surface area contributed by atoms with Crippen molar-refractivity contribution in [3.63, 3.8) is 0 Å². The molecule has 0 spiro atoms. The van der Waals surface area contributed by atoms with Crippen molar-refractivity contribution in [1.82, 2.24) is 0 Å². The molecule has 0 bridgehead atoms. The van der Waals surface area contributed by atoms with Gasteiger partial charge in [-0.3, -0.25) is 35.1 Å². The smallest absolute Gasteiger partial charge is 0.253 e. The number of allylic oxidation sites excluding steroid dienone is 3. The standard InChI is InChI=1S/C18H26N3O7/c1-2-3-4-7-11-17(20(25)26)15-18(21(27)28)13-12-16(19(23)24)10-8-5-6-9-14-22/h10-11,13H,2-9,12,15H2,1H3/b16-10+,17-11+,18-13+. The molecule has 0 heterocycles. The van der Waals surface area contributed by atoms with E-state index in [1.165, 1.54) is 12.2 Å². The third-order valence-corrected chi connectivity index (χ3v) is 3.91. The molecule has 0 unspecified atom stereocenters. The molecule has 10 heteroatoms. The lowest BCUT2D eigenvalue weighted by atomic mass is 10.1. The highest BCUT2D eigenvalue weighted by Crippen LogP contribution is 2.17. The van der Waals surface area contributed by atoms with Gasteiger partial charge in [0.25, 0.3) is 11.4 Å². The molecular weight excluding hydrogens is 370 g/mol. The van der Waals surface area contributed by atoms with Crippen LogP contribution in [-0.4, -0.2) is 21.1 Å². The normalized spacial score (nSPS) is 12.7. The van der Waals surface area contributed by atoms with Crippen molar-refractivity contribution in [3.05, 3.63) is 65.7 Å². The summed E-state index contributed by atoms with van der Waals surface area (Å²) in [4.78, 5) is 41.5. The van der Waals surface area contributed by atoms with Gasteiger partial charge in [-0.25, -0.2) is 0 Å². The van der Waals surface area contributed by atoms with Gasteiger partial charge < -0.3 is 0 Å². The molecule has 0 saturated carbocycles. The summed E-state index contributed by atoms with van der Waals surface area (Å²) in [5.41, 5.74) is -0.943. The monoisotopic (exact) mass is 396 g/mol. The average Bonchev–Trinajstić information content (AvgIpc) is 2.63. The minimum Gasteiger partial charge on any atom is -0.291 e. The van der Waals surface area contributed by atoms with Gasteiger partial charge in [0.05, 0.1) is 21.2 Å². The third-order valence-electron chi connectivity index (χ3n) is 3.91. The summed E-state index contributed by atoms with van der Waals surface area (Å²) in [5.74, 6) is 0. The summed E-state index contributed by atoms with van der Waals surface area (Å²) in [5, 5.41) is 33.4. The van der Waals surface area contributed by atoms with Crippen LogP contribution in [0.4, 0.5) is 0 Å². The zero-order valence-electron chi connectivity index (χ0n) is 16.0. The summed E-state index contributed by atoms with van der Waals surface area (Å²) < 4.78 is 0. The van der Waals surface area contributed by atoms with Crippen molar-refractivity contribution >= 4 is 6.29 Å². The molecule has 0 aliphatic carbocycles. The molecule has 0 aliphatic heterocycles. The summed E-state index contributed by atoms with van der Waals surface area (Å²) in [6.45, 7) is 1.99. The van der Waals surface area contributed by atoms with E-state index >= 15 is 0 Å². The Morgan fingerprint density at radius 3 is 1.79 bits per heavy atom. The summed E-state index contributed by atoms with van der Waals surface area (Å²) in [7, 11) is 0. The van der Waals surface area contributed by atoms with E-state index < -0.39 is 26.9 Å². The summed E-state index contributed by atoms with van der Waals surface area (Å²) in [6, 6.07) is 0. The van der Waals surface area contributed by atoms with Crippen LogP contribution in [0.1, 0.15) is 71.1 Å². The molecule has 0 aromatic rings. The molecule has 0 saturated heterocycles. The molecule has 0 rings (SSSR count). The molecule has 0 aromatic heterocycles. The molecule has 0 aliphatic rings. The Labute approximate surface area is 163 Å². The lowest BCUT2D eigenvalue weighted by Crippen LogP contribution is -2.07. The summed E-state index contributed by atoms with van der Waals surface area (Å²) in [6.07, 6.45) is 9.50. The van der Waals surface area contributed by atoms with Crippen LogP contribution in [0.25, 0.3) is 0 Å². The number of hydrogen-bond donors (Lipinski definition) is 0. The van der Waals surface area contributed by atoms with Crippen molar-refractivity contribution < 1.29 is 19.6 Å². The molecule has 10 nitrogen and oxygen atoms in total. The maximum atomic E-state index is 11.2. The molecule has 0 N–H and O–H groups in total. The maximum Gasteiger partial charge on any atom is 0.253 e. The second-order valence-electron chi connectivity index (χ2n) is 6.12. The topological polar surface area (TPSA) is 146 Å². The quantitative estimate of drug-likeness (QED) is 0.212. The Hall–Kier alpha value is -2.91. The van der Waals surface area contributed by atoms with Gasteiger partial charge >= 0.3 is 0 Å². The van der Waals surface area contributed by atoms with Crippen LogP contribution in [0.5, 0.6) is 0 Å². The zero-order valence-corrected chi connectivity index (χ0v) is 16.0. The van der Waals surface area contributed by atoms with Crippen LogP contribution in [0.15, 0.2) is 35.3 Å². The van der Waals surface area contributed by atoms with E-state index in [1.807, 2.05) is 6.92 Å². The maximum absolute atomic E-state index is 11.2. The van der Waals surface area contributed by atoms with Crippen molar-refractivity contribution in [2.24, 2.45) is 0 Å². The predicted octanol–water partition coefficient (Wildman–Crippen LogP) is 4.50. The minimum absolute atomic E-state index is 0.219. The Bertz CT molecular complexity index is 639. The first kappa shape index (κ1) is 25.1. The first-order valence-corrected chi connectivity index (χ1v) is 9.18. The van der Waals surface area contributed by atoms with E-state index in [0.717, 1.165) is 25.3 Å². The molecule has 0 atom stereocenters. The molecule has 0 fully saturated rings. The van der Waals surface area contributed by atoms with Crippen LogP contribution in [0.2, 0.25) is 0 Å². The van der Waals surface area contributed by atoms with E-state index in [2.05, 4.69) is 0 Å². The molecule has 155 valence electrons. The summed E-state index contributed by atoms with van der Waals surface area (Å²) >= 11 is 0. The van der Waals surface area contributed by atoms with E-state index in [1.54, 1.807) is 6.29 Å². The zero-order chi connectivity index (χ0) is 21.4. The Morgan fingerprint density at radius 1 is 0.786 bits per heavy atom. The highest BCUT2D eigenvalue weighted by molar-refractivity contribution is 5.50. The first-order chi connectivity index (χ1) is 13.3. The highest BCUT2D eigenvalue weighted by atomic mass is 16.6. The number of nitro groups is 3. The van der Waals surface area contributed by atoms with Gasteiger partial charge in [-0.05, 0) is 44.3 Å². The van der Waals surface area contributed by atoms with E-state index in [9.17, 15) is 35.1 Å². The number of unbranched alkanes of at least 4 members (excludes halogenated alkanes) is 6. The molecule has 28 heavy (non-hydrogen) atoms. The molecular formula is C18H26N3O7. The van der Waals surface area contributed by atoms with Gasteiger partial charge in [0.15, 0.2) is 6.29 Å². The predicted molar refractivity (Wildman–Crippen MR) is 103 cm³/mol. The van der Waals surface area contributed by atoms with Crippen LogP contribution in [0, 0.1) is 30.3 Å². The van der Waals surface area contributed by atoms with Gasteiger partial charge in [-0.2, -0.15) is 0 Å². The van der Waals surface area contributed by atoms with Crippen LogP contribution < -0.4 is 0 Å². The fourth-order valence-corrected chi connectivity index (χ4v) is 2.34. The lowest BCUT2D eigenvalue weighted by Gasteiger charge is -2.00. The highest BCUT2D eigenvalue weighted by Gasteiger charge is 2.22. The largest absolute Gasteiger partial charge is 0.291 e. The second-order valence-corrected chi connectivity index (χ2v) is 6.12. The number of hydrogen-bond acceptors (Lipinski definition) is 7. The van der Waals surface area contributed by atoms with E-state index in [4.69, 9.17) is 0 Å². The van der Waals surface area contributed by atoms with E-state index in [-0.39, 0.29) is 24.2 Å². The fraction of sp³-hybridized carbons (Fsp3) is 0.611. The Morgan fingerprint density at radius 2 is 1.29 bits per heavy atom.